The number of aryl methyl sites for hydroxylation is 2. The largest absolute Gasteiger partial charge is 0.364 e. The third-order valence-electron chi connectivity index (χ3n) is 5.48. The second kappa shape index (κ2) is 6.02. The van der Waals surface area contributed by atoms with E-state index < -0.39 is 5.91 Å². The summed E-state index contributed by atoms with van der Waals surface area (Å²) in [4.78, 5) is 26.6. The molecule has 1 atom stereocenters. The molecular weight excluding hydrogens is 316 g/mol. The van der Waals surface area contributed by atoms with Gasteiger partial charge in [-0.15, -0.1) is 0 Å². The molecule has 2 amide bonds. The van der Waals surface area contributed by atoms with E-state index in [0.29, 0.717) is 25.2 Å². The molecule has 25 heavy (non-hydrogen) atoms. The van der Waals surface area contributed by atoms with Crippen LogP contribution in [0.15, 0.2) is 24.3 Å². The lowest BCUT2D eigenvalue weighted by Crippen LogP contribution is -2.42. The first-order valence-electron chi connectivity index (χ1n) is 8.74. The third-order valence-corrected chi connectivity index (χ3v) is 5.48. The van der Waals surface area contributed by atoms with Crippen LogP contribution in [0.3, 0.4) is 0 Å². The van der Waals surface area contributed by atoms with Crippen molar-refractivity contribution < 1.29 is 9.59 Å². The number of primary amides is 1. The molecule has 0 unspecified atom stereocenters. The molecule has 0 saturated heterocycles. The lowest BCUT2D eigenvalue weighted by Gasteiger charge is -2.33. The van der Waals surface area contributed by atoms with Gasteiger partial charge in [-0.25, -0.2) is 0 Å². The monoisotopic (exact) mass is 338 g/mol. The number of rotatable bonds is 2. The van der Waals surface area contributed by atoms with Crippen molar-refractivity contribution in [3.63, 3.8) is 0 Å². The summed E-state index contributed by atoms with van der Waals surface area (Å²) in [5, 5.41) is 4.23. The maximum atomic E-state index is 13.0. The first-order valence-corrected chi connectivity index (χ1v) is 8.74. The zero-order valence-corrected chi connectivity index (χ0v) is 14.4. The van der Waals surface area contributed by atoms with E-state index >= 15 is 0 Å². The predicted octanol–water partition coefficient (Wildman–Crippen LogP) is 1.21. The number of carbonyl (C=O) groups is 2. The first-order chi connectivity index (χ1) is 12.0. The van der Waals surface area contributed by atoms with E-state index in [9.17, 15) is 9.59 Å². The van der Waals surface area contributed by atoms with Gasteiger partial charge in [0.2, 0.25) is 5.91 Å². The average Bonchev–Trinajstić information content (AvgIpc) is 2.97. The Morgan fingerprint density at radius 1 is 1.20 bits per heavy atom. The Hall–Kier alpha value is -2.63. The molecule has 2 aliphatic rings. The van der Waals surface area contributed by atoms with E-state index in [0.717, 1.165) is 30.5 Å². The lowest BCUT2D eigenvalue weighted by atomic mass is 9.83. The second-order valence-corrected chi connectivity index (χ2v) is 6.98. The molecule has 0 saturated carbocycles. The van der Waals surface area contributed by atoms with Crippen molar-refractivity contribution in [3.8, 4) is 0 Å². The van der Waals surface area contributed by atoms with Gasteiger partial charge in [-0.2, -0.15) is 5.10 Å². The Morgan fingerprint density at radius 2 is 1.96 bits per heavy atom. The van der Waals surface area contributed by atoms with Crippen LogP contribution < -0.4 is 5.73 Å². The standard InChI is InChI=1S/C19H22N4O2/c1-22-16-8-9-23(11-15(16)17(21-22)18(20)24)19(25)14-7-6-12-4-2-3-5-13(12)10-14/h2-5,14H,6-11H2,1H3,(H2,20,24)/t14-/m1/s1. The number of hydrogen-bond acceptors (Lipinski definition) is 3. The summed E-state index contributed by atoms with van der Waals surface area (Å²) in [5.41, 5.74) is 10.2. The highest BCUT2D eigenvalue weighted by Gasteiger charge is 2.33. The SMILES string of the molecule is Cn1nc(C(N)=O)c2c1CCN(C(=O)[C@@H]1CCc3ccccc3C1)C2. The van der Waals surface area contributed by atoms with Crippen molar-refractivity contribution in [2.24, 2.45) is 18.7 Å². The van der Waals surface area contributed by atoms with Gasteiger partial charge in [0.05, 0.1) is 0 Å². The predicted molar refractivity (Wildman–Crippen MR) is 92.8 cm³/mol. The van der Waals surface area contributed by atoms with E-state index in [-0.39, 0.29) is 11.8 Å². The summed E-state index contributed by atoms with van der Waals surface area (Å²) in [6.45, 7) is 1.10. The first kappa shape index (κ1) is 15.9. The second-order valence-electron chi connectivity index (χ2n) is 6.98. The van der Waals surface area contributed by atoms with Gasteiger partial charge in [0.25, 0.3) is 5.91 Å². The molecule has 1 aliphatic heterocycles. The highest BCUT2D eigenvalue weighted by molar-refractivity contribution is 5.93. The van der Waals surface area contributed by atoms with Gasteiger partial charge in [0, 0.05) is 43.7 Å². The Balaban J connectivity index is 1.54. The molecule has 0 fully saturated rings. The Kier molecular flexibility index (Phi) is 3.82. The summed E-state index contributed by atoms with van der Waals surface area (Å²) in [5.74, 6) is -0.331. The van der Waals surface area contributed by atoms with Crippen molar-refractivity contribution in [1.82, 2.24) is 14.7 Å². The van der Waals surface area contributed by atoms with E-state index in [4.69, 9.17) is 5.73 Å². The fourth-order valence-electron chi connectivity index (χ4n) is 4.15. The third kappa shape index (κ3) is 2.71. The van der Waals surface area contributed by atoms with Crippen LogP contribution in [0.2, 0.25) is 0 Å². The molecular formula is C19H22N4O2. The number of nitrogens with zero attached hydrogens (tertiary/aromatic N) is 3. The molecule has 1 aromatic carbocycles. The van der Waals surface area contributed by atoms with Gasteiger partial charge >= 0.3 is 0 Å². The van der Waals surface area contributed by atoms with Crippen LogP contribution >= 0.6 is 0 Å². The number of aromatic nitrogens is 2. The fraction of sp³-hybridized carbons (Fsp3) is 0.421. The van der Waals surface area contributed by atoms with Crippen LogP contribution in [0.1, 0.15) is 39.3 Å². The number of nitrogens with two attached hydrogens (primary N) is 1. The van der Waals surface area contributed by atoms with Gasteiger partial charge in [-0.05, 0) is 30.4 Å². The van der Waals surface area contributed by atoms with Crippen LogP contribution in [0.5, 0.6) is 0 Å². The minimum absolute atomic E-state index is 0.0187. The lowest BCUT2D eigenvalue weighted by molar-refractivity contribution is -0.136. The number of amides is 2. The molecule has 1 aromatic heterocycles. The smallest absolute Gasteiger partial charge is 0.269 e. The number of benzene rings is 1. The van der Waals surface area contributed by atoms with Crippen molar-refractivity contribution in [2.75, 3.05) is 6.54 Å². The molecule has 0 radical (unpaired) electrons. The molecule has 2 aromatic rings. The zero-order chi connectivity index (χ0) is 17.6. The zero-order valence-electron chi connectivity index (χ0n) is 14.4. The molecule has 6 nitrogen and oxygen atoms in total. The summed E-state index contributed by atoms with van der Waals surface area (Å²) in [6.07, 6.45) is 3.34. The van der Waals surface area contributed by atoms with Crippen LogP contribution in [0, 0.1) is 5.92 Å². The summed E-state index contributed by atoms with van der Waals surface area (Å²) < 4.78 is 1.72. The molecule has 0 bridgehead atoms. The summed E-state index contributed by atoms with van der Waals surface area (Å²) in [6, 6.07) is 8.36. The van der Waals surface area contributed by atoms with Crippen LogP contribution in [0.4, 0.5) is 0 Å². The molecule has 2 N–H and O–H groups in total. The Labute approximate surface area is 146 Å². The van der Waals surface area contributed by atoms with E-state index in [1.165, 1.54) is 11.1 Å². The normalized spacial score (nSPS) is 19.2. The van der Waals surface area contributed by atoms with Crippen molar-refractivity contribution in [2.45, 2.75) is 32.2 Å². The molecule has 2 heterocycles. The quantitative estimate of drug-likeness (QED) is 0.893. The molecule has 1 aliphatic carbocycles. The summed E-state index contributed by atoms with van der Waals surface area (Å²) in [7, 11) is 1.82. The number of fused-ring (bicyclic) bond motifs is 2. The maximum Gasteiger partial charge on any atom is 0.269 e. The molecule has 130 valence electrons. The number of hydrogen-bond donors (Lipinski definition) is 1. The molecule has 0 spiro atoms. The minimum Gasteiger partial charge on any atom is -0.364 e. The van der Waals surface area contributed by atoms with Gasteiger partial charge < -0.3 is 10.6 Å². The van der Waals surface area contributed by atoms with Crippen molar-refractivity contribution in [3.05, 3.63) is 52.3 Å². The van der Waals surface area contributed by atoms with Crippen LogP contribution in [0.25, 0.3) is 0 Å². The molecule has 4 rings (SSSR count). The highest BCUT2D eigenvalue weighted by Crippen LogP contribution is 2.29. The number of carbonyl (C=O) groups excluding carboxylic acids is 2. The van der Waals surface area contributed by atoms with Gasteiger partial charge in [0.1, 0.15) is 0 Å². The average molecular weight is 338 g/mol. The Bertz CT molecular complexity index is 855. The van der Waals surface area contributed by atoms with Crippen LogP contribution in [-0.4, -0.2) is 33.0 Å². The minimum atomic E-state index is -0.530. The van der Waals surface area contributed by atoms with E-state index in [1.54, 1.807) is 4.68 Å². The fourth-order valence-corrected chi connectivity index (χ4v) is 4.15. The van der Waals surface area contributed by atoms with Crippen molar-refractivity contribution in [1.29, 1.82) is 0 Å². The van der Waals surface area contributed by atoms with Crippen LogP contribution in [-0.2, 0) is 37.6 Å². The van der Waals surface area contributed by atoms with Gasteiger partial charge in [-0.3, -0.25) is 14.3 Å². The van der Waals surface area contributed by atoms with Crippen molar-refractivity contribution >= 4 is 11.8 Å². The highest BCUT2D eigenvalue weighted by atomic mass is 16.2. The van der Waals surface area contributed by atoms with E-state index in [1.807, 2.05) is 18.0 Å². The molecule has 6 heteroatoms. The summed E-state index contributed by atoms with van der Waals surface area (Å²) >= 11 is 0. The van der Waals surface area contributed by atoms with Gasteiger partial charge in [0.15, 0.2) is 5.69 Å². The topological polar surface area (TPSA) is 81.2 Å². The van der Waals surface area contributed by atoms with Gasteiger partial charge in [-0.1, -0.05) is 24.3 Å². The Morgan fingerprint density at radius 3 is 2.72 bits per heavy atom. The maximum absolute atomic E-state index is 13.0. The van der Waals surface area contributed by atoms with E-state index in [2.05, 4.69) is 23.3 Å².